The number of carbonyl (C=O) groups excluding carboxylic acids is 2. The molecule has 2 aromatic rings. The molecule has 0 saturated heterocycles. The van der Waals surface area contributed by atoms with Crippen molar-refractivity contribution in [2.75, 3.05) is 18.5 Å². The summed E-state index contributed by atoms with van der Waals surface area (Å²) in [5.74, 6) is -0.781. The predicted molar refractivity (Wildman–Crippen MR) is 96.5 cm³/mol. The van der Waals surface area contributed by atoms with E-state index in [0.29, 0.717) is 6.54 Å². The minimum absolute atomic E-state index is 0.0918. The van der Waals surface area contributed by atoms with Gasteiger partial charge in [-0.05, 0) is 30.5 Å². The summed E-state index contributed by atoms with van der Waals surface area (Å²) in [5.41, 5.74) is 3.75. The normalized spacial score (nSPS) is 15.8. The van der Waals surface area contributed by atoms with Crippen LogP contribution in [0.15, 0.2) is 23.7 Å². The maximum absolute atomic E-state index is 12.8. The number of aromatic nitrogens is 1. The largest absolute Gasteiger partial charge is 0.395 e. The molecule has 1 aliphatic rings. The first-order valence-corrected chi connectivity index (χ1v) is 9.07. The zero-order chi connectivity index (χ0) is 18.0. The number of hydrogen-bond acceptors (Lipinski definition) is 5. The molecule has 6 nitrogen and oxygen atoms in total. The van der Waals surface area contributed by atoms with Gasteiger partial charge in [0.25, 0.3) is 0 Å². The van der Waals surface area contributed by atoms with Gasteiger partial charge in [0.2, 0.25) is 11.8 Å². The highest BCUT2D eigenvalue weighted by atomic mass is 32.1. The molecule has 0 fully saturated rings. The van der Waals surface area contributed by atoms with Crippen LogP contribution >= 0.6 is 11.3 Å². The van der Waals surface area contributed by atoms with Gasteiger partial charge in [-0.3, -0.25) is 9.59 Å². The van der Waals surface area contributed by atoms with Crippen molar-refractivity contribution >= 4 is 28.8 Å². The lowest BCUT2D eigenvalue weighted by molar-refractivity contribution is -0.134. The lowest BCUT2D eigenvalue weighted by atomic mass is 9.91. The minimum atomic E-state index is -0.486. The van der Waals surface area contributed by atoms with Gasteiger partial charge in [-0.2, -0.15) is 0 Å². The fourth-order valence-corrected chi connectivity index (χ4v) is 3.83. The summed E-state index contributed by atoms with van der Waals surface area (Å²) in [6, 6.07) is 3.95. The molecule has 1 aromatic heterocycles. The van der Waals surface area contributed by atoms with E-state index in [1.807, 2.05) is 31.4 Å². The van der Waals surface area contributed by atoms with Gasteiger partial charge < -0.3 is 15.3 Å². The smallest absolute Gasteiger partial charge is 0.232 e. The number of aliphatic hydroxyl groups is 1. The van der Waals surface area contributed by atoms with Gasteiger partial charge in [-0.25, -0.2) is 4.98 Å². The Kier molecular flexibility index (Phi) is 5.15. The van der Waals surface area contributed by atoms with Crippen LogP contribution in [-0.4, -0.2) is 40.0 Å². The number of amides is 2. The molecule has 2 N–H and O–H groups in total. The van der Waals surface area contributed by atoms with E-state index in [9.17, 15) is 14.7 Å². The summed E-state index contributed by atoms with van der Waals surface area (Å²) in [6.45, 7) is 4.36. The highest BCUT2D eigenvalue weighted by Crippen LogP contribution is 2.39. The molecule has 25 heavy (non-hydrogen) atoms. The molecule has 1 aliphatic heterocycles. The van der Waals surface area contributed by atoms with Gasteiger partial charge in [0.15, 0.2) is 0 Å². The van der Waals surface area contributed by atoms with Gasteiger partial charge in [0.05, 0.1) is 19.1 Å². The van der Waals surface area contributed by atoms with Crippen molar-refractivity contribution in [3.05, 3.63) is 45.4 Å². The summed E-state index contributed by atoms with van der Waals surface area (Å²) in [5, 5.41) is 14.8. The van der Waals surface area contributed by atoms with Crippen LogP contribution in [0.5, 0.6) is 0 Å². The van der Waals surface area contributed by atoms with Crippen LogP contribution in [0.2, 0.25) is 0 Å². The average molecular weight is 359 g/mol. The number of benzene rings is 1. The van der Waals surface area contributed by atoms with Crippen molar-refractivity contribution < 1.29 is 14.7 Å². The summed E-state index contributed by atoms with van der Waals surface area (Å²) in [4.78, 5) is 31.0. The molecule has 3 rings (SSSR count). The number of nitrogens with zero attached hydrogens (tertiary/aromatic N) is 2. The number of aryl methyl sites for hydroxylation is 2. The Balaban J connectivity index is 1.80. The fraction of sp³-hybridized carbons (Fsp3) is 0.389. The summed E-state index contributed by atoms with van der Waals surface area (Å²) in [6.07, 6.45) is 1.78. The Morgan fingerprint density at radius 1 is 1.36 bits per heavy atom. The molecule has 0 saturated carbocycles. The van der Waals surface area contributed by atoms with Gasteiger partial charge in [-0.1, -0.05) is 12.1 Å². The van der Waals surface area contributed by atoms with Crippen molar-refractivity contribution in [2.24, 2.45) is 0 Å². The quantitative estimate of drug-likeness (QED) is 0.828. The second kappa shape index (κ2) is 7.33. The van der Waals surface area contributed by atoms with Gasteiger partial charge in [-0.15, -0.1) is 11.3 Å². The summed E-state index contributed by atoms with van der Waals surface area (Å²) >= 11 is 1.46. The van der Waals surface area contributed by atoms with Crippen LogP contribution in [0.25, 0.3) is 0 Å². The SMILES string of the molecule is Cc1ccc(C)c2c1NC(=O)[C@H]2CC(=O)N(CCO)Cc1nccs1. The number of aliphatic hydroxyl groups excluding tert-OH is 1. The number of fused-ring (bicyclic) bond motifs is 1. The van der Waals surface area contributed by atoms with E-state index in [4.69, 9.17) is 0 Å². The molecular weight excluding hydrogens is 338 g/mol. The number of nitrogens with one attached hydrogen (secondary N) is 1. The van der Waals surface area contributed by atoms with E-state index in [2.05, 4.69) is 10.3 Å². The highest BCUT2D eigenvalue weighted by Gasteiger charge is 2.35. The third-order valence-corrected chi connectivity index (χ3v) is 5.26. The molecular formula is C18H21N3O3S. The molecule has 0 bridgehead atoms. The molecule has 7 heteroatoms. The Bertz CT molecular complexity index is 789. The molecule has 1 aromatic carbocycles. The third kappa shape index (κ3) is 3.57. The first kappa shape index (κ1) is 17.6. The fourth-order valence-electron chi connectivity index (χ4n) is 3.19. The van der Waals surface area contributed by atoms with Crippen LogP contribution in [0.1, 0.15) is 34.0 Å². The summed E-state index contributed by atoms with van der Waals surface area (Å²) in [7, 11) is 0. The Hall–Kier alpha value is -2.25. The molecule has 0 unspecified atom stereocenters. The number of thiazole rings is 1. The van der Waals surface area contributed by atoms with Crippen molar-refractivity contribution in [1.82, 2.24) is 9.88 Å². The molecule has 0 aliphatic carbocycles. The number of hydrogen-bond donors (Lipinski definition) is 2. The van der Waals surface area contributed by atoms with Gasteiger partial charge in [0, 0.05) is 30.2 Å². The van der Waals surface area contributed by atoms with Crippen molar-refractivity contribution in [3.8, 4) is 0 Å². The van der Waals surface area contributed by atoms with Crippen LogP contribution < -0.4 is 5.32 Å². The topological polar surface area (TPSA) is 82.5 Å². The number of anilines is 1. The van der Waals surface area contributed by atoms with E-state index >= 15 is 0 Å². The van der Waals surface area contributed by atoms with E-state index in [1.54, 1.807) is 11.1 Å². The second-order valence-electron chi connectivity index (χ2n) is 6.20. The standard InChI is InChI=1S/C18H21N3O3S/c1-11-3-4-12(2)17-16(11)13(18(24)20-17)9-15(23)21(6-7-22)10-14-19-5-8-25-14/h3-5,8,13,22H,6-7,9-10H2,1-2H3,(H,20,24)/t13-/m0/s1. The summed E-state index contributed by atoms with van der Waals surface area (Å²) < 4.78 is 0. The van der Waals surface area contributed by atoms with Crippen LogP contribution in [-0.2, 0) is 16.1 Å². The number of carbonyl (C=O) groups is 2. The third-order valence-electron chi connectivity index (χ3n) is 4.50. The Morgan fingerprint density at radius 2 is 2.12 bits per heavy atom. The minimum Gasteiger partial charge on any atom is -0.395 e. The van der Waals surface area contributed by atoms with Crippen molar-refractivity contribution in [2.45, 2.75) is 32.7 Å². The van der Waals surface area contributed by atoms with Gasteiger partial charge >= 0.3 is 0 Å². The van der Waals surface area contributed by atoms with Crippen molar-refractivity contribution in [3.63, 3.8) is 0 Å². The first-order chi connectivity index (χ1) is 12.0. The molecule has 0 spiro atoms. The maximum Gasteiger partial charge on any atom is 0.232 e. The van der Waals surface area contributed by atoms with Crippen LogP contribution in [0.4, 0.5) is 5.69 Å². The first-order valence-electron chi connectivity index (χ1n) is 8.19. The van der Waals surface area contributed by atoms with E-state index < -0.39 is 5.92 Å². The van der Waals surface area contributed by atoms with E-state index in [-0.39, 0.29) is 31.4 Å². The van der Waals surface area contributed by atoms with Crippen LogP contribution in [0.3, 0.4) is 0 Å². The second-order valence-corrected chi connectivity index (χ2v) is 7.18. The average Bonchev–Trinajstić information content (AvgIpc) is 3.20. The van der Waals surface area contributed by atoms with Crippen LogP contribution in [0, 0.1) is 13.8 Å². The van der Waals surface area contributed by atoms with Crippen molar-refractivity contribution in [1.29, 1.82) is 0 Å². The highest BCUT2D eigenvalue weighted by molar-refractivity contribution is 7.09. The maximum atomic E-state index is 12.8. The number of rotatable bonds is 6. The molecule has 2 amide bonds. The molecule has 2 heterocycles. The molecule has 132 valence electrons. The lowest BCUT2D eigenvalue weighted by Crippen LogP contribution is -2.34. The Morgan fingerprint density at radius 3 is 2.80 bits per heavy atom. The Labute approximate surface area is 150 Å². The van der Waals surface area contributed by atoms with E-state index in [0.717, 1.165) is 27.4 Å². The lowest BCUT2D eigenvalue weighted by Gasteiger charge is -2.22. The zero-order valence-electron chi connectivity index (χ0n) is 14.3. The zero-order valence-corrected chi connectivity index (χ0v) is 15.1. The van der Waals surface area contributed by atoms with Gasteiger partial charge in [0.1, 0.15) is 5.01 Å². The molecule has 1 atom stereocenters. The molecule has 0 radical (unpaired) electrons. The predicted octanol–water partition coefficient (Wildman–Crippen LogP) is 2.21. The van der Waals surface area contributed by atoms with E-state index in [1.165, 1.54) is 11.3 Å². The monoisotopic (exact) mass is 359 g/mol.